The van der Waals surface area contributed by atoms with Crippen molar-refractivity contribution in [3.8, 4) is 11.5 Å². The summed E-state index contributed by atoms with van der Waals surface area (Å²) in [4.78, 5) is 8.93. The lowest BCUT2D eigenvalue weighted by Crippen LogP contribution is -2.40. The maximum atomic E-state index is 5.97. The first kappa shape index (κ1) is 27.1. The molecule has 0 saturated heterocycles. The lowest BCUT2D eigenvalue weighted by Gasteiger charge is -2.25. The molecular formula is C31H41N7O. The predicted molar refractivity (Wildman–Crippen MR) is 158 cm³/mol. The molecule has 39 heavy (non-hydrogen) atoms. The number of hydrogen-bond donors (Lipinski definition) is 3. The third kappa shape index (κ3) is 7.15. The smallest absolute Gasteiger partial charge is 0.145 e. The van der Waals surface area contributed by atoms with Gasteiger partial charge < -0.3 is 19.9 Å². The Hall–Kier alpha value is -3.46. The number of anilines is 1. The van der Waals surface area contributed by atoms with Gasteiger partial charge in [0.15, 0.2) is 0 Å². The Kier molecular flexibility index (Phi) is 9.43. The SMILES string of the molecule is CNc1ncnc2c1ccn2C1CCC(CN(CCCNCCc2cccc(Oc3ccccc3)c2)NC)C1. The molecule has 0 radical (unpaired) electrons. The van der Waals surface area contributed by atoms with Crippen molar-refractivity contribution in [2.75, 3.05) is 45.6 Å². The summed E-state index contributed by atoms with van der Waals surface area (Å²) in [5, 5.41) is 10.3. The molecule has 2 aromatic heterocycles. The Balaban J connectivity index is 1.01. The molecule has 0 amide bonds. The first-order valence-corrected chi connectivity index (χ1v) is 14.2. The van der Waals surface area contributed by atoms with Crippen molar-refractivity contribution < 1.29 is 4.74 Å². The first-order valence-electron chi connectivity index (χ1n) is 14.2. The average molecular weight is 528 g/mol. The van der Waals surface area contributed by atoms with Gasteiger partial charge in [-0.25, -0.2) is 15.0 Å². The van der Waals surface area contributed by atoms with E-state index >= 15 is 0 Å². The highest BCUT2D eigenvalue weighted by atomic mass is 16.5. The average Bonchev–Trinajstić information content (AvgIpc) is 3.62. The molecule has 8 heteroatoms. The maximum Gasteiger partial charge on any atom is 0.145 e. The molecule has 206 valence electrons. The second-order valence-electron chi connectivity index (χ2n) is 10.4. The highest BCUT2D eigenvalue weighted by Crippen LogP contribution is 2.37. The molecule has 1 saturated carbocycles. The number of rotatable bonds is 14. The van der Waals surface area contributed by atoms with Crippen LogP contribution in [0.2, 0.25) is 0 Å². The van der Waals surface area contributed by atoms with E-state index in [9.17, 15) is 0 Å². The molecule has 2 aromatic carbocycles. The molecule has 1 aliphatic rings. The third-order valence-electron chi connectivity index (χ3n) is 7.70. The number of ether oxygens (including phenoxy) is 1. The van der Waals surface area contributed by atoms with E-state index in [0.717, 1.165) is 67.4 Å². The summed E-state index contributed by atoms with van der Waals surface area (Å²) in [5.74, 6) is 3.34. The molecule has 1 aliphatic carbocycles. The molecule has 3 N–H and O–H groups in total. The Morgan fingerprint density at radius 1 is 0.974 bits per heavy atom. The number of para-hydroxylation sites is 1. The van der Waals surface area contributed by atoms with E-state index in [0.29, 0.717) is 12.0 Å². The van der Waals surface area contributed by atoms with E-state index in [1.165, 1.54) is 24.8 Å². The van der Waals surface area contributed by atoms with Crippen molar-refractivity contribution in [1.82, 2.24) is 30.3 Å². The fourth-order valence-corrected chi connectivity index (χ4v) is 5.68. The van der Waals surface area contributed by atoms with Gasteiger partial charge in [-0.15, -0.1) is 0 Å². The quantitative estimate of drug-likeness (QED) is 0.152. The molecule has 2 atom stereocenters. The van der Waals surface area contributed by atoms with Gasteiger partial charge in [-0.2, -0.15) is 0 Å². The maximum absolute atomic E-state index is 5.97. The van der Waals surface area contributed by atoms with Crippen LogP contribution in [0.25, 0.3) is 11.0 Å². The van der Waals surface area contributed by atoms with Gasteiger partial charge in [-0.3, -0.25) is 5.43 Å². The Labute approximate surface area is 231 Å². The summed E-state index contributed by atoms with van der Waals surface area (Å²) < 4.78 is 8.33. The topological polar surface area (TPSA) is 79.3 Å². The van der Waals surface area contributed by atoms with Gasteiger partial charge in [0.2, 0.25) is 0 Å². The van der Waals surface area contributed by atoms with Crippen LogP contribution >= 0.6 is 0 Å². The Morgan fingerprint density at radius 3 is 2.69 bits per heavy atom. The van der Waals surface area contributed by atoms with Gasteiger partial charge >= 0.3 is 0 Å². The van der Waals surface area contributed by atoms with E-state index in [1.807, 2.05) is 50.5 Å². The highest BCUT2D eigenvalue weighted by Gasteiger charge is 2.28. The van der Waals surface area contributed by atoms with Crippen LogP contribution in [0.15, 0.2) is 73.2 Å². The number of fused-ring (bicyclic) bond motifs is 1. The van der Waals surface area contributed by atoms with Gasteiger partial charge in [0.25, 0.3) is 0 Å². The van der Waals surface area contributed by atoms with Crippen LogP contribution in [0, 0.1) is 5.92 Å². The zero-order valence-electron chi connectivity index (χ0n) is 23.1. The van der Waals surface area contributed by atoms with Gasteiger partial charge in [0.1, 0.15) is 29.3 Å². The minimum atomic E-state index is 0.504. The van der Waals surface area contributed by atoms with Crippen LogP contribution in [0.1, 0.15) is 37.3 Å². The number of hydrazine groups is 1. The van der Waals surface area contributed by atoms with E-state index < -0.39 is 0 Å². The second-order valence-corrected chi connectivity index (χ2v) is 10.4. The van der Waals surface area contributed by atoms with Crippen LogP contribution in [0.5, 0.6) is 11.5 Å². The summed E-state index contributed by atoms with van der Waals surface area (Å²) in [6, 6.07) is 21.0. The molecule has 5 rings (SSSR count). The molecule has 0 bridgehead atoms. The number of nitrogens with zero attached hydrogens (tertiary/aromatic N) is 4. The number of benzene rings is 2. The van der Waals surface area contributed by atoms with Crippen molar-refractivity contribution in [3.63, 3.8) is 0 Å². The third-order valence-corrected chi connectivity index (χ3v) is 7.70. The van der Waals surface area contributed by atoms with Gasteiger partial charge in [0.05, 0.1) is 5.39 Å². The zero-order valence-corrected chi connectivity index (χ0v) is 23.1. The van der Waals surface area contributed by atoms with Gasteiger partial charge in [-0.1, -0.05) is 30.3 Å². The summed E-state index contributed by atoms with van der Waals surface area (Å²) in [6.45, 7) is 4.09. The lowest BCUT2D eigenvalue weighted by atomic mass is 10.1. The van der Waals surface area contributed by atoms with Crippen LogP contribution in [-0.2, 0) is 6.42 Å². The molecule has 4 aromatic rings. The predicted octanol–water partition coefficient (Wildman–Crippen LogP) is 5.27. The number of hydrogen-bond acceptors (Lipinski definition) is 7. The largest absolute Gasteiger partial charge is 0.457 e. The Bertz CT molecular complexity index is 1310. The normalized spacial score (nSPS) is 17.2. The van der Waals surface area contributed by atoms with Crippen molar-refractivity contribution in [2.45, 2.75) is 38.1 Å². The molecule has 2 unspecified atom stereocenters. The number of aromatic nitrogens is 3. The Morgan fingerprint density at radius 2 is 1.85 bits per heavy atom. The fraction of sp³-hybridized carbons (Fsp3) is 0.419. The van der Waals surface area contributed by atoms with Crippen molar-refractivity contribution in [2.24, 2.45) is 5.92 Å². The summed E-state index contributed by atoms with van der Waals surface area (Å²) in [7, 11) is 3.95. The summed E-state index contributed by atoms with van der Waals surface area (Å²) >= 11 is 0. The van der Waals surface area contributed by atoms with E-state index in [-0.39, 0.29) is 0 Å². The molecule has 0 aliphatic heterocycles. The monoisotopic (exact) mass is 527 g/mol. The van der Waals surface area contributed by atoms with Crippen molar-refractivity contribution >= 4 is 16.9 Å². The summed E-state index contributed by atoms with van der Waals surface area (Å²) in [6.07, 6.45) is 9.57. The molecule has 0 spiro atoms. The van der Waals surface area contributed by atoms with E-state index in [4.69, 9.17) is 4.74 Å². The van der Waals surface area contributed by atoms with E-state index in [1.54, 1.807) is 6.33 Å². The lowest BCUT2D eigenvalue weighted by molar-refractivity contribution is 0.171. The summed E-state index contributed by atoms with van der Waals surface area (Å²) in [5.41, 5.74) is 5.74. The molecule has 2 heterocycles. The van der Waals surface area contributed by atoms with Crippen molar-refractivity contribution in [3.05, 3.63) is 78.8 Å². The second kappa shape index (κ2) is 13.6. The minimum Gasteiger partial charge on any atom is -0.457 e. The van der Waals surface area contributed by atoms with Gasteiger partial charge in [-0.05, 0) is 94.1 Å². The molecule has 1 fully saturated rings. The molecular weight excluding hydrogens is 486 g/mol. The van der Waals surface area contributed by atoms with Crippen LogP contribution in [0.4, 0.5) is 5.82 Å². The van der Waals surface area contributed by atoms with Crippen LogP contribution in [-0.4, -0.2) is 59.8 Å². The fourth-order valence-electron chi connectivity index (χ4n) is 5.68. The van der Waals surface area contributed by atoms with Crippen molar-refractivity contribution in [1.29, 1.82) is 0 Å². The first-order chi connectivity index (χ1) is 19.2. The number of nitrogens with one attached hydrogen (secondary N) is 3. The van der Waals surface area contributed by atoms with Crippen LogP contribution < -0.4 is 20.8 Å². The molecule has 8 nitrogen and oxygen atoms in total. The van der Waals surface area contributed by atoms with Crippen LogP contribution in [0.3, 0.4) is 0 Å². The standard InChI is InChI=1S/C31H41N7O/c1-32-30-29-15-19-38(31(29)36-23-35-30)26-13-12-25(20-26)22-37(33-2)18-7-16-34-17-14-24-8-6-11-28(21-24)39-27-9-4-3-5-10-27/h3-6,8-11,15,19,21,23,25-26,33-34H,7,12-14,16-18,20,22H2,1-2H3,(H,32,35,36). The highest BCUT2D eigenvalue weighted by molar-refractivity contribution is 5.87. The zero-order chi connectivity index (χ0) is 26.9. The van der Waals surface area contributed by atoms with Gasteiger partial charge in [0, 0.05) is 32.4 Å². The minimum absolute atomic E-state index is 0.504. The van der Waals surface area contributed by atoms with E-state index in [2.05, 4.69) is 66.1 Å².